The summed E-state index contributed by atoms with van der Waals surface area (Å²) in [7, 11) is 1.55. The quantitative estimate of drug-likeness (QED) is 0.0998. The van der Waals surface area contributed by atoms with Gasteiger partial charge in [0.25, 0.3) is 11.8 Å². The number of anilines is 2. The van der Waals surface area contributed by atoms with Crippen molar-refractivity contribution in [2.75, 3.05) is 17.7 Å². The van der Waals surface area contributed by atoms with E-state index in [0.29, 0.717) is 22.6 Å². The van der Waals surface area contributed by atoms with Gasteiger partial charge in [-0.05, 0) is 85.1 Å². The lowest BCUT2D eigenvalue weighted by Gasteiger charge is -2.19. The van der Waals surface area contributed by atoms with Crippen LogP contribution in [0.25, 0.3) is 6.08 Å². The third-order valence-corrected chi connectivity index (χ3v) is 8.80. The number of nitrogens with one attached hydrogen (secondary N) is 3. The van der Waals surface area contributed by atoms with Gasteiger partial charge in [0.15, 0.2) is 0 Å². The van der Waals surface area contributed by atoms with Crippen molar-refractivity contribution in [1.82, 2.24) is 5.32 Å². The molecule has 0 aliphatic rings. The lowest BCUT2D eigenvalue weighted by Crippen LogP contribution is -2.30. The Bertz CT molecular complexity index is 1890. The van der Waals surface area contributed by atoms with Crippen LogP contribution in [0.3, 0.4) is 0 Å². The predicted molar refractivity (Wildman–Crippen MR) is 190 cm³/mol. The molecule has 0 radical (unpaired) electrons. The number of benzene rings is 5. The maximum absolute atomic E-state index is 13.6. The first-order chi connectivity index (χ1) is 22.8. The molecule has 0 spiro atoms. The molecule has 3 N–H and O–H groups in total. The zero-order valence-electron chi connectivity index (χ0n) is 26.3. The van der Waals surface area contributed by atoms with Crippen LogP contribution >= 0.6 is 11.8 Å². The Labute approximate surface area is 279 Å². The molecule has 0 saturated carbocycles. The smallest absolute Gasteiger partial charge is 0.272 e. The van der Waals surface area contributed by atoms with Crippen molar-refractivity contribution < 1.29 is 19.1 Å². The molecule has 3 amide bonds. The molecule has 0 fully saturated rings. The van der Waals surface area contributed by atoms with E-state index in [1.165, 1.54) is 11.8 Å². The zero-order chi connectivity index (χ0) is 33.2. The number of carbonyl (C=O) groups excluding carboxylic acids is 3. The van der Waals surface area contributed by atoms with E-state index < -0.39 is 17.1 Å². The van der Waals surface area contributed by atoms with E-state index in [0.717, 1.165) is 27.3 Å². The number of hydrogen-bond acceptors (Lipinski definition) is 5. The lowest BCUT2D eigenvalue weighted by molar-refractivity contribution is -0.116. The van der Waals surface area contributed by atoms with Crippen LogP contribution in [0.2, 0.25) is 0 Å². The van der Waals surface area contributed by atoms with Crippen LogP contribution in [0.5, 0.6) is 5.75 Å². The van der Waals surface area contributed by atoms with E-state index in [-0.39, 0.29) is 11.6 Å². The van der Waals surface area contributed by atoms with Gasteiger partial charge in [-0.3, -0.25) is 14.4 Å². The first kappa shape index (κ1) is 32.8. The van der Waals surface area contributed by atoms with Crippen LogP contribution in [-0.4, -0.2) is 24.8 Å². The maximum atomic E-state index is 13.6. The number of methoxy groups -OCH3 is 1. The van der Waals surface area contributed by atoms with E-state index in [2.05, 4.69) is 16.0 Å². The van der Waals surface area contributed by atoms with Crippen LogP contribution in [0, 0.1) is 13.8 Å². The largest absolute Gasteiger partial charge is 0.496 e. The van der Waals surface area contributed by atoms with Gasteiger partial charge in [0.1, 0.15) is 16.7 Å². The van der Waals surface area contributed by atoms with Crippen molar-refractivity contribution in [3.05, 3.63) is 161 Å². The van der Waals surface area contributed by atoms with Crippen molar-refractivity contribution in [2.24, 2.45) is 0 Å². The molecule has 5 rings (SSSR count). The Morgan fingerprint density at radius 3 is 2.09 bits per heavy atom. The minimum absolute atomic E-state index is 0.0501. The number of ether oxygens (including phenoxy) is 1. The summed E-state index contributed by atoms with van der Waals surface area (Å²) < 4.78 is 5.45. The van der Waals surface area contributed by atoms with Gasteiger partial charge in [-0.25, -0.2) is 0 Å². The standard InChI is InChI=1S/C39H35N3O4S/c1-26-13-12-19-33(27(26)2)41-39(45)36(28-14-6-4-7-15-28)47-32-23-21-31(22-24-32)40-38(44)34(25-30-18-10-11-20-35(30)46-3)42-37(43)29-16-8-5-9-17-29/h4-25,36H,1-3H3,(H,40,44)(H,41,45)(H,42,43)/b34-25-. The zero-order valence-corrected chi connectivity index (χ0v) is 27.1. The highest BCUT2D eigenvalue weighted by atomic mass is 32.2. The van der Waals surface area contributed by atoms with E-state index in [1.54, 1.807) is 61.7 Å². The molecule has 5 aromatic rings. The molecular formula is C39H35N3O4S. The first-order valence-electron chi connectivity index (χ1n) is 15.0. The highest BCUT2D eigenvalue weighted by molar-refractivity contribution is 8.00. The molecule has 0 aromatic heterocycles. The number of para-hydroxylation sites is 1. The number of hydrogen-bond donors (Lipinski definition) is 3. The maximum Gasteiger partial charge on any atom is 0.272 e. The molecule has 7 nitrogen and oxygen atoms in total. The fraction of sp³-hybridized carbons (Fsp3) is 0.103. The summed E-state index contributed by atoms with van der Waals surface area (Å²) >= 11 is 1.42. The predicted octanol–water partition coefficient (Wildman–Crippen LogP) is 8.19. The van der Waals surface area contributed by atoms with Gasteiger partial charge in [0.05, 0.1) is 7.11 Å². The second-order valence-electron chi connectivity index (χ2n) is 10.7. The van der Waals surface area contributed by atoms with Crippen LogP contribution in [0.4, 0.5) is 11.4 Å². The van der Waals surface area contributed by atoms with Gasteiger partial charge in [-0.2, -0.15) is 0 Å². The van der Waals surface area contributed by atoms with Crippen LogP contribution in [0.15, 0.2) is 138 Å². The second kappa shape index (κ2) is 15.6. The average Bonchev–Trinajstić information content (AvgIpc) is 3.10. The molecule has 0 aliphatic carbocycles. The molecule has 1 unspecified atom stereocenters. The molecule has 47 heavy (non-hydrogen) atoms. The Kier molecular flexibility index (Phi) is 10.9. The molecule has 1 atom stereocenters. The first-order valence-corrected chi connectivity index (χ1v) is 15.9. The Morgan fingerprint density at radius 1 is 0.723 bits per heavy atom. The van der Waals surface area contributed by atoms with Gasteiger partial charge in [0, 0.05) is 27.4 Å². The summed E-state index contributed by atoms with van der Waals surface area (Å²) in [5.74, 6) is -0.495. The SMILES string of the molecule is COc1ccccc1/C=C(\NC(=O)c1ccccc1)C(=O)Nc1ccc(SC(C(=O)Nc2cccc(C)c2C)c2ccccc2)cc1. The van der Waals surface area contributed by atoms with Crippen molar-refractivity contribution in [3.8, 4) is 5.75 Å². The molecule has 0 saturated heterocycles. The van der Waals surface area contributed by atoms with Crippen LogP contribution < -0.4 is 20.7 Å². The molecule has 0 bridgehead atoms. The molecule has 236 valence electrons. The number of aryl methyl sites for hydroxylation is 1. The molecular weight excluding hydrogens is 607 g/mol. The number of carbonyl (C=O) groups is 3. The monoisotopic (exact) mass is 641 g/mol. The molecule has 0 heterocycles. The highest BCUT2D eigenvalue weighted by Gasteiger charge is 2.23. The Hall–Kier alpha value is -5.60. The van der Waals surface area contributed by atoms with E-state index >= 15 is 0 Å². The summed E-state index contributed by atoms with van der Waals surface area (Å²) in [5.41, 5.74) is 5.41. The third-order valence-electron chi connectivity index (χ3n) is 7.54. The Morgan fingerprint density at radius 2 is 1.38 bits per heavy atom. The summed E-state index contributed by atoms with van der Waals surface area (Å²) in [6.45, 7) is 4.01. The highest BCUT2D eigenvalue weighted by Crippen LogP contribution is 2.37. The van der Waals surface area contributed by atoms with Gasteiger partial charge in [0.2, 0.25) is 5.91 Å². The van der Waals surface area contributed by atoms with Crippen LogP contribution in [-0.2, 0) is 9.59 Å². The number of thioether (sulfide) groups is 1. The number of rotatable bonds is 11. The summed E-state index contributed by atoms with van der Waals surface area (Å²) in [6.07, 6.45) is 1.58. The lowest BCUT2D eigenvalue weighted by atomic mass is 10.1. The van der Waals surface area contributed by atoms with Crippen molar-refractivity contribution in [2.45, 2.75) is 24.0 Å². The molecule has 5 aromatic carbocycles. The van der Waals surface area contributed by atoms with Gasteiger partial charge in [-0.1, -0.05) is 78.9 Å². The summed E-state index contributed by atoms with van der Waals surface area (Å²) in [6, 6.07) is 38.6. The minimum atomic E-state index is -0.514. The van der Waals surface area contributed by atoms with E-state index in [1.807, 2.05) is 92.7 Å². The molecule has 8 heteroatoms. The van der Waals surface area contributed by atoms with Crippen molar-refractivity contribution in [3.63, 3.8) is 0 Å². The topological polar surface area (TPSA) is 96.5 Å². The third kappa shape index (κ3) is 8.56. The summed E-state index contributed by atoms with van der Waals surface area (Å²) in [4.78, 5) is 41.0. The fourth-order valence-corrected chi connectivity index (χ4v) is 5.85. The fourth-order valence-electron chi connectivity index (χ4n) is 4.82. The minimum Gasteiger partial charge on any atom is -0.496 e. The van der Waals surface area contributed by atoms with Crippen molar-refractivity contribution in [1.29, 1.82) is 0 Å². The summed E-state index contributed by atoms with van der Waals surface area (Å²) in [5, 5.41) is 8.23. The van der Waals surface area contributed by atoms with E-state index in [4.69, 9.17) is 4.74 Å². The van der Waals surface area contributed by atoms with Crippen molar-refractivity contribution >= 4 is 46.9 Å². The van der Waals surface area contributed by atoms with Gasteiger partial charge < -0.3 is 20.7 Å². The Balaban J connectivity index is 1.35. The normalized spacial score (nSPS) is 11.7. The van der Waals surface area contributed by atoms with Gasteiger partial charge in [-0.15, -0.1) is 11.8 Å². The second-order valence-corrected chi connectivity index (χ2v) is 11.9. The number of amides is 3. The average molecular weight is 642 g/mol. The van der Waals surface area contributed by atoms with Crippen LogP contribution in [0.1, 0.15) is 37.9 Å². The van der Waals surface area contributed by atoms with E-state index in [9.17, 15) is 14.4 Å². The van der Waals surface area contributed by atoms with Gasteiger partial charge >= 0.3 is 0 Å². The molecule has 0 aliphatic heterocycles.